The lowest BCUT2D eigenvalue weighted by atomic mass is 9.92. The van der Waals surface area contributed by atoms with E-state index in [4.69, 9.17) is 0 Å². The van der Waals surface area contributed by atoms with Crippen molar-refractivity contribution in [2.24, 2.45) is 0 Å². The number of benzene rings is 1. The van der Waals surface area contributed by atoms with Crippen LogP contribution in [0, 0.1) is 0 Å². The Morgan fingerprint density at radius 1 is 1.08 bits per heavy atom. The second-order valence-corrected chi connectivity index (χ2v) is 6.87. The highest BCUT2D eigenvalue weighted by Gasteiger charge is 2.21. The molecule has 0 saturated carbocycles. The van der Waals surface area contributed by atoms with Gasteiger partial charge in [-0.1, -0.05) is 52.8 Å². The average molecular weight is 332 g/mol. The maximum atomic E-state index is 12.3. The minimum absolute atomic E-state index is 0.00902. The Balaban J connectivity index is 3.11. The van der Waals surface area contributed by atoms with Crippen LogP contribution in [0.3, 0.4) is 0 Å². The van der Waals surface area contributed by atoms with Gasteiger partial charge < -0.3 is 10.2 Å². The smallest absolute Gasteiger partial charge is 0.223 e. The van der Waals surface area contributed by atoms with E-state index in [1.807, 2.05) is 11.8 Å². The minimum atomic E-state index is 0.00902. The molecule has 0 aromatic heterocycles. The quantitative estimate of drug-likeness (QED) is 0.775. The fourth-order valence-electron chi connectivity index (χ4n) is 2.87. The van der Waals surface area contributed by atoms with Crippen molar-refractivity contribution in [3.63, 3.8) is 0 Å². The normalized spacial score (nSPS) is 11.0. The first-order valence-corrected chi connectivity index (χ1v) is 8.97. The summed E-state index contributed by atoms with van der Waals surface area (Å²) in [5.74, 6) is 0.711. The number of nitrogens with one attached hydrogen (secondary N) is 1. The predicted molar refractivity (Wildman–Crippen MR) is 101 cm³/mol. The molecule has 0 aliphatic carbocycles. The lowest BCUT2D eigenvalue weighted by Gasteiger charge is -2.29. The number of amides is 2. The molecule has 24 heavy (non-hydrogen) atoms. The van der Waals surface area contributed by atoms with Gasteiger partial charge in [0, 0.05) is 26.4 Å². The van der Waals surface area contributed by atoms with Crippen LogP contribution < -0.4 is 10.2 Å². The summed E-state index contributed by atoms with van der Waals surface area (Å²) in [6, 6.07) is 6.25. The molecule has 2 amide bonds. The van der Waals surface area contributed by atoms with E-state index < -0.39 is 0 Å². The maximum absolute atomic E-state index is 12.3. The summed E-state index contributed by atoms with van der Waals surface area (Å²) < 4.78 is 0. The summed E-state index contributed by atoms with van der Waals surface area (Å²) in [5, 5.41) is 2.90. The molecule has 0 spiro atoms. The van der Waals surface area contributed by atoms with Gasteiger partial charge in [-0.3, -0.25) is 9.59 Å². The summed E-state index contributed by atoms with van der Waals surface area (Å²) >= 11 is 0. The van der Waals surface area contributed by atoms with Crippen molar-refractivity contribution in [2.45, 2.75) is 66.2 Å². The third-order valence-electron chi connectivity index (χ3n) is 4.13. The summed E-state index contributed by atoms with van der Waals surface area (Å²) in [4.78, 5) is 25.8. The molecular formula is C20H32N2O2. The van der Waals surface area contributed by atoms with E-state index in [0.29, 0.717) is 31.3 Å². The molecule has 1 rings (SSSR count). The van der Waals surface area contributed by atoms with Crippen molar-refractivity contribution in [1.29, 1.82) is 0 Å². The lowest BCUT2D eigenvalue weighted by Crippen LogP contribution is -2.38. The van der Waals surface area contributed by atoms with Crippen molar-refractivity contribution >= 4 is 17.5 Å². The number of carbonyl (C=O) groups excluding carboxylic acids is 2. The summed E-state index contributed by atoms with van der Waals surface area (Å²) in [6.07, 6.45) is 1.36. The third kappa shape index (κ3) is 5.36. The number of carbonyl (C=O) groups is 2. The van der Waals surface area contributed by atoms with E-state index in [1.165, 1.54) is 11.1 Å². The summed E-state index contributed by atoms with van der Waals surface area (Å²) in [5.41, 5.74) is 3.37. The lowest BCUT2D eigenvalue weighted by molar-refractivity contribution is -0.121. The van der Waals surface area contributed by atoms with Crippen LogP contribution in [-0.2, 0) is 9.59 Å². The Kier molecular flexibility index (Phi) is 7.96. The van der Waals surface area contributed by atoms with Crippen molar-refractivity contribution in [3.05, 3.63) is 29.3 Å². The van der Waals surface area contributed by atoms with Crippen LogP contribution in [0.5, 0.6) is 0 Å². The minimum Gasteiger partial charge on any atom is -0.354 e. The number of hydrogen-bond donors (Lipinski definition) is 1. The standard InChI is InChI=1S/C20H32N2O2/c1-7-9-19(24)21-12-13-22(16(6)23)20-17(14(2)3)10-8-11-18(20)15(4)5/h8,10-11,14-15H,7,9,12-13H2,1-6H3,(H,21,24). The molecule has 0 aliphatic heterocycles. The number of para-hydroxylation sites is 1. The van der Waals surface area contributed by atoms with Crippen molar-refractivity contribution < 1.29 is 9.59 Å². The van der Waals surface area contributed by atoms with Crippen LogP contribution >= 0.6 is 0 Å². The maximum Gasteiger partial charge on any atom is 0.223 e. The fraction of sp³-hybridized carbons (Fsp3) is 0.600. The van der Waals surface area contributed by atoms with E-state index in [2.05, 4.69) is 51.2 Å². The van der Waals surface area contributed by atoms with Crippen LogP contribution in [0.2, 0.25) is 0 Å². The van der Waals surface area contributed by atoms with E-state index in [1.54, 1.807) is 6.92 Å². The molecule has 0 saturated heterocycles. The molecule has 1 aromatic carbocycles. The van der Waals surface area contributed by atoms with E-state index in [9.17, 15) is 9.59 Å². The van der Waals surface area contributed by atoms with E-state index in [-0.39, 0.29) is 11.8 Å². The zero-order valence-electron chi connectivity index (χ0n) is 16.0. The molecule has 4 nitrogen and oxygen atoms in total. The van der Waals surface area contributed by atoms with Crippen LogP contribution in [0.15, 0.2) is 18.2 Å². The number of rotatable bonds is 8. The monoisotopic (exact) mass is 332 g/mol. The van der Waals surface area contributed by atoms with Gasteiger partial charge in [0.2, 0.25) is 11.8 Å². The number of anilines is 1. The van der Waals surface area contributed by atoms with E-state index >= 15 is 0 Å². The van der Waals surface area contributed by atoms with Gasteiger partial charge in [-0.25, -0.2) is 0 Å². The van der Waals surface area contributed by atoms with Crippen molar-refractivity contribution in [2.75, 3.05) is 18.0 Å². The van der Waals surface area contributed by atoms with Gasteiger partial charge in [-0.05, 0) is 29.4 Å². The number of nitrogens with zero attached hydrogens (tertiary/aromatic N) is 1. The molecule has 0 aliphatic rings. The SMILES string of the molecule is CCCC(=O)NCCN(C(C)=O)c1c(C(C)C)cccc1C(C)C. The molecule has 0 atom stereocenters. The summed E-state index contributed by atoms with van der Waals surface area (Å²) in [6.45, 7) is 13.1. The molecule has 0 fully saturated rings. The molecule has 0 bridgehead atoms. The fourth-order valence-corrected chi connectivity index (χ4v) is 2.87. The first-order chi connectivity index (χ1) is 11.3. The second-order valence-electron chi connectivity index (χ2n) is 6.87. The van der Waals surface area contributed by atoms with Crippen molar-refractivity contribution in [1.82, 2.24) is 5.32 Å². The molecule has 0 unspecified atom stereocenters. The Labute approximate surface area is 146 Å². The molecule has 1 N–H and O–H groups in total. The highest BCUT2D eigenvalue weighted by Crippen LogP contribution is 2.35. The van der Waals surface area contributed by atoms with Gasteiger partial charge in [0.1, 0.15) is 0 Å². The summed E-state index contributed by atoms with van der Waals surface area (Å²) in [7, 11) is 0. The molecule has 1 aromatic rings. The predicted octanol–water partition coefficient (Wildman–Crippen LogP) is 4.20. The second kappa shape index (κ2) is 9.45. The van der Waals surface area contributed by atoms with Gasteiger partial charge in [0.15, 0.2) is 0 Å². The molecular weight excluding hydrogens is 300 g/mol. The Morgan fingerprint density at radius 3 is 2.04 bits per heavy atom. The average Bonchev–Trinajstić information content (AvgIpc) is 2.50. The van der Waals surface area contributed by atoms with E-state index in [0.717, 1.165) is 12.1 Å². The molecule has 0 heterocycles. The Bertz CT molecular complexity index is 539. The highest BCUT2D eigenvalue weighted by atomic mass is 16.2. The first-order valence-electron chi connectivity index (χ1n) is 8.97. The van der Waals surface area contributed by atoms with Crippen LogP contribution in [-0.4, -0.2) is 24.9 Å². The van der Waals surface area contributed by atoms with Gasteiger partial charge in [0.25, 0.3) is 0 Å². The van der Waals surface area contributed by atoms with Crippen LogP contribution in [0.1, 0.15) is 77.3 Å². The van der Waals surface area contributed by atoms with Gasteiger partial charge >= 0.3 is 0 Å². The molecule has 0 radical (unpaired) electrons. The Morgan fingerprint density at radius 2 is 1.62 bits per heavy atom. The van der Waals surface area contributed by atoms with Crippen molar-refractivity contribution in [3.8, 4) is 0 Å². The van der Waals surface area contributed by atoms with Gasteiger partial charge in [-0.15, -0.1) is 0 Å². The zero-order chi connectivity index (χ0) is 18.3. The van der Waals surface area contributed by atoms with Gasteiger partial charge in [0.05, 0.1) is 5.69 Å². The first kappa shape index (κ1) is 20.2. The Hall–Kier alpha value is -1.84. The molecule has 134 valence electrons. The highest BCUT2D eigenvalue weighted by molar-refractivity contribution is 5.93. The third-order valence-corrected chi connectivity index (χ3v) is 4.13. The van der Waals surface area contributed by atoms with Crippen LogP contribution in [0.25, 0.3) is 0 Å². The number of hydrogen-bond acceptors (Lipinski definition) is 2. The zero-order valence-corrected chi connectivity index (χ0v) is 16.0. The molecule has 4 heteroatoms. The van der Waals surface area contributed by atoms with Crippen LogP contribution in [0.4, 0.5) is 5.69 Å². The topological polar surface area (TPSA) is 49.4 Å². The van der Waals surface area contributed by atoms with Gasteiger partial charge in [-0.2, -0.15) is 0 Å². The largest absolute Gasteiger partial charge is 0.354 e.